The molecule has 0 aliphatic rings. The summed E-state index contributed by atoms with van der Waals surface area (Å²) >= 11 is 0.376. The lowest BCUT2D eigenvalue weighted by Crippen LogP contribution is -2.20. The fraction of sp³-hybridized carbons (Fsp3) is 0.455. The van der Waals surface area contributed by atoms with Crippen molar-refractivity contribution in [1.82, 2.24) is 0 Å². The molecular weight excluding hydrogens is 289 g/mol. The molecule has 0 atom stereocenters. The van der Waals surface area contributed by atoms with E-state index >= 15 is 0 Å². The first kappa shape index (κ1) is 16.0. The Balaban J connectivity index is 2.36. The quantitative estimate of drug-likeness (QED) is 0.467. The number of hydrogen-bond donors (Lipinski definition) is 1. The number of ether oxygens (including phenoxy) is 1. The highest BCUT2D eigenvalue weighted by molar-refractivity contribution is 7.99. The van der Waals surface area contributed by atoms with E-state index in [0.717, 1.165) is 0 Å². The predicted octanol–water partition coefficient (Wildman–Crippen LogP) is 3.99. The second kappa shape index (κ2) is 7.54. The van der Waals surface area contributed by atoms with E-state index in [1.165, 1.54) is 6.07 Å². The summed E-state index contributed by atoms with van der Waals surface area (Å²) in [6.07, 6.45) is -4.36. The van der Waals surface area contributed by atoms with Crippen LogP contribution < -0.4 is 5.32 Å². The van der Waals surface area contributed by atoms with Gasteiger partial charge in [0.2, 0.25) is 0 Å². The minimum absolute atomic E-state index is 0.108. The van der Waals surface area contributed by atoms with Crippen molar-refractivity contribution in [1.29, 1.82) is 0 Å². The second-order valence-electron chi connectivity index (χ2n) is 3.47. The van der Waals surface area contributed by atoms with Gasteiger partial charge in [0.25, 0.3) is 5.76 Å². The van der Waals surface area contributed by atoms with Crippen molar-refractivity contribution in [2.75, 3.05) is 25.1 Å². The molecule has 0 saturated heterocycles. The Kier molecular flexibility index (Phi) is 6.36. The van der Waals surface area contributed by atoms with E-state index in [0.29, 0.717) is 22.3 Å². The third kappa shape index (κ3) is 7.22. The lowest BCUT2D eigenvalue weighted by molar-refractivity contribution is -0.172. The van der Waals surface area contributed by atoms with Crippen LogP contribution in [0.15, 0.2) is 29.2 Å². The molecule has 8 heteroatoms. The van der Waals surface area contributed by atoms with Gasteiger partial charge in [0.1, 0.15) is 6.61 Å². The molecule has 19 heavy (non-hydrogen) atoms. The summed E-state index contributed by atoms with van der Waals surface area (Å²) in [6.45, 7) is -1.37. The van der Waals surface area contributed by atoms with E-state index in [-0.39, 0.29) is 13.2 Å². The summed E-state index contributed by atoms with van der Waals surface area (Å²) in [5.41, 5.74) is 0.448. The van der Waals surface area contributed by atoms with Crippen molar-refractivity contribution in [3.63, 3.8) is 0 Å². The zero-order chi connectivity index (χ0) is 14.3. The third-order valence-electron chi connectivity index (χ3n) is 1.93. The number of thioether (sulfide) groups is 1. The second-order valence-corrected chi connectivity index (χ2v) is 4.50. The zero-order valence-electron chi connectivity index (χ0n) is 9.71. The zero-order valence-corrected chi connectivity index (χ0v) is 10.5. The average Bonchev–Trinajstić information content (AvgIpc) is 2.28. The number of benzene rings is 1. The lowest BCUT2D eigenvalue weighted by Gasteiger charge is -2.12. The monoisotopic (exact) mass is 301 g/mol. The van der Waals surface area contributed by atoms with E-state index in [9.17, 15) is 22.0 Å². The maximum atomic E-state index is 12.3. The highest BCUT2D eigenvalue weighted by Crippen LogP contribution is 2.31. The number of alkyl halides is 5. The Morgan fingerprint density at radius 2 is 1.89 bits per heavy atom. The normalized spacial score (nSPS) is 11.9. The number of hydrogen-bond acceptors (Lipinski definition) is 3. The topological polar surface area (TPSA) is 21.3 Å². The summed E-state index contributed by atoms with van der Waals surface area (Å²) in [5.74, 6) is -2.55. The van der Waals surface area contributed by atoms with E-state index < -0.39 is 18.5 Å². The fourth-order valence-electron chi connectivity index (χ4n) is 1.26. The molecule has 0 heterocycles. The highest BCUT2D eigenvalue weighted by atomic mass is 32.2. The molecule has 1 N–H and O–H groups in total. The Morgan fingerprint density at radius 1 is 1.21 bits per heavy atom. The van der Waals surface area contributed by atoms with Gasteiger partial charge in [0.05, 0.1) is 6.61 Å². The van der Waals surface area contributed by atoms with Crippen molar-refractivity contribution < 1.29 is 26.7 Å². The lowest BCUT2D eigenvalue weighted by atomic mass is 10.3. The first-order valence-corrected chi connectivity index (χ1v) is 6.18. The smallest absolute Gasteiger partial charge is 0.382 e. The van der Waals surface area contributed by atoms with Crippen molar-refractivity contribution in [3.8, 4) is 0 Å². The molecule has 1 rings (SSSR count). The van der Waals surface area contributed by atoms with E-state index in [4.69, 9.17) is 0 Å². The van der Waals surface area contributed by atoms with Crippen LogP contribution in [0.1, 0.15) is 0 Å². The van der Waals surface area contributed by atoms with Gasteiger partial charge < -0.3 is 10.1 Å². The SMILES string of the molecule is FC(F)Sc1ccccc1NCCOCC(F)(F)F. The van der Waals surface area contributed by atoms with Gasteiger partial charge in [-0.15, -0.1) is 0 Å². The largest absolute Gasteiger partial charge is 0.411 e. The molecule has 2 nitrogen and oxygen atoms in total. The molecule has 0 amide bonds. The standard InChI is InChI=1S/C11H12F5NOS/c12-10(13)19-9-4-2-1-3-8(9)17-5-6-18-7-11(14,15)16/h1-4,10,17H,5-7H2. The maximum absolute atomic E-state index is 12.3. The first-order chi connectivity index (χ1) is 8.88. The van der Waals surface area contributed by atoms with Gasteiger partial charge >= 0.3 is 6.18 Å². The molecule has 1 aromatic rings. The average molecular weight is 301 g/mol. The van der Waals surface area contributed by atoms with Crippen molar-refractivity contribution in [2.45, 2.75) is 16.8 Å². The summed E-state index contributed by atoms with van der Waals surface area (Å²) in [7, 11) is 0. The van der Waals surface area contributed by atoms with Crippen molar-refractivity contribution >= 4 is 17.4 Å². The molecular formula is C11H12F5NOS. The minimum Gasteiger partial charge on any atom is -0.382 e. The minimum atomic E-state index is -4.36. The molecule has 108 valence electrons. The molecule has 0 aromatic heterocycles. The Hall–Kier alpha value is -1.02. The summed E-state index contributed by atoms with van der Waals surface area (Å²) in [6, 6.07) is 6.34. The van der Waals surface area contributed by atoms with Crippen LogP contribution in [0.5, 0.6) is 0 Å². The van der Waals surface area contributed by atoms with E-state index in [1.807, 2.05) is 0 Å². The van der Waals surface area contributed by atoms with Crippen LogP contribution in [0, 0.1) is 0 Å². The molecule has 0 unspecified atom stereocenters. The van der Waals surface area contributed by atoms with Crippen LogP contribution in [0.2, 0.25) is 0 Å². The third-order valence-corrected chi connectivity index (χ3v) is 2.72. The molecule has 0 radical (unpaired) electrons. The number of nitrogens with one attached hydrogen (secondary N) is 1. The van der Waals surface area contributed by atoms with Crippen molar-refractivity contribution in [2.24, 2.45) is 0 Å². The Labute approximate surface area is 111 Å². The molecule has 0 aliphatic heterocycles. The number of anilines is 1. The van der Waals surface area contributed by atoms with Gasteiger partial charge in [-0.1, -0.05) is 23.9 Å². The summed E-state index contributed by atoms with van der Waals surface area (Å²) < 4.78 is 64.3. The molecule has 0 bridgehead atoms. The highest BCUT2D eigenvalue weighted by Gasteiger charge is 2.27. The fourth-order valence-corrected chi connectivity index (χ4v) is 1.87. The number of halogens is 5. The molecule has 0 fully saturated rings. The summed E-state index contributed by atoms with van der Waals surface area (Å²) in [5, 5.41) is 2.76. The number of rotatable bonds is 7. The van der Waals surface area contributed by atoms with E-state index in [1.54, 1.807) is 18.2 Å². The molecule has 1 aromatic carbocycles. The van der Waals surface area contributed by atoms with Crippen molar-refractivity contribution in [3.05, 3.63) is 24.3 Å². The first-order valence-electron chi connectivity index (χ1n) is 5.31. The van der Waals surface area contributed by atoms with Crippen LogP contribution >= 0.6 is 11.8 Å². The molecule has 0 spiro atoms. The van der Waals surface area contributed by atoms with Crippen LogP contribution in [0.4, 0.5) is 27.6 Å². The van der Waals surface area contributed by atoms with E-state index in [2.05, 4.69) is 10.1 Å². The predicted molar refractivity (Wildman–Crippen MR) is 63.7 cm³/mol. The Bertz CT molecular complexity index is 386. The van der Waals surface area contributed by atoms with Crippen LogP contribution in [-0.2, 0) is 4.74 Å². The van der Waals surface area contributed by atoms with Gasteiger partial charge in [-0.2, -0.15) is 22.0 Å². The van der Waals surface area contributed by atoms with Gasteiger partial charge in [-0.3, -0.25) is 0 Å². The van der Waals surface area contributed by atoms with Gasteiger partial charge in [-0.05, 0) is 12.1 Å². The van der Waals surface area contributed by atoms with Crippen LogP contribution in [-0.4, -0.2) is 31.7 Å². The molecule has 0 saturated carbocycles. The van der Waals surface area contributed by atoms with Crippen LogP contribution in [0.25, 0.3) is 0 Å². The Morgan fingerprint density at radius 3 is 2.53 bits per heavy atom. The summed E-state index contributed by atoms with van der Waals surface area (Å²) in [4.78, 5) is 0.341. The van der Waals surface area contributed by atoms with Gasteiger partial charge in [-0.25, -0.2) is 0 Å². The van der Waals surface area contributed by atoms with Crippen LogP contribution in [0.3, 0.4) is 0 Å². The molecule has 0 aliphatic carbocycles. The number of para-hydroxylation sites is 1. The van der Waals surface area contributed by atoms with Gasteiger partial charge in [0.15, 0.2) is 0 Å². The maximum Gasteiger partial charge on any atom is 0.411 e. The van der Waals surface area contributed by atoms with Gasteiger partial charge in [0, 0.05) is 17.1 Å².